The number of likely N-dealkylation sites (tertiary alicyclic amines) is 1. The van der Waals surface area contributed by atoms with Crippen LogP contribution in [-0.4, -0.2) is 29.4 Å². The summed E-state index contributed by atoms with van der Waals surface area (Å²) in [5, 5.41) is 2.45. The second-order valence-corrected chi connectivity index (χ2v) is 7.72. The van der Waals surface area contributed by atoms with Gasteiger partial charge in [0.15, 0.2) is 0 Å². The normalized spacial score (nSPS) is 16.4. The second kappa shape index (κ2) is 7.51. The zero-order chi connectivity index (χ0) is 18.8. The number of amides is 1. The Kier molecular flexibility index (Phi) is 4.93. The molecule has 1 aliphatic heterocycles. The third-order valence-corrected chi connectivity index (χ3v) is 6.16. The van der Waals surface area contributed by atoms with Gasteiger partial charge in [-0.2, -0.15) is 0 Å². The molecule has 138 valence electrons. The Morgan fingerprint density at radius 3 is 2.44 bits per heavy atom. The van der Waals surface area contributed by atoms with E-state index in [9.17, 15) is 4.79 Å². The molecule has 0 radical (unpaired) electrons. The molecule has 4 rings (SSSR count). The summed E-state index contributed by atoms with van der Waals surface area (Å²) in [6.45, 7) is 6.16. The molecule has 1 aromatic heterocycles. The lowest BCUT2D eigenvalue weighted by molar-refractivity contribution is -0.119. The number of rotatable bonds is 4. The van der Waals surface area contributed by atoms with Crippen molar-refractivity contribution in [2.24, 2.45) is 5.92 Å². The van der Waals surface area contributed by atoms with Crippen LogP contribution in [0.1, 0.15) is 36.9 Å². The van der Waals surface area contributed by atoms with E-state index >= 15 is 0 Å². The minimum atomic E-state index is 0.526. The molecule has 2 heterocycles. The molecule has 2 aromatic carbocycles. The van der Waals surface area contributed by atoms with Crippen LogP contribution in [0.25, 0.3) is 21.9 Å². The van der Waals surface area contributed by atoms with Gasteiger partial charge in [-0.3, -0.25) is 9.78 Å². The summed E-state index contributed by atoms with van der Waals surface area (Å²) in [4.78, 5) is 17.2. The van der Waals surface area contributed by atoms with Crippen molar-refractivity contribution in [3.8, 4) is 11.1 Å². The van der Waals surface area contributed by atoms with E-state index in [1.54, 1.807) is 0 Å². The van der Waals surface area contributed by atoms with Crippen molar-refractivity contribution in [1.82, 2.24) is 9.88 Å². The van der Waals surface area contributed by atoms with E-state index in [0.29, 0.717) is 11.8 Å². The van der Waals surface area contributed by atoms with Gasteiger partial charge in [-0.25, -0.2) is 0 Å². The number of carbonyl (C=O) groups is 1. The van der Waals surface area contributed by atoms with E-state index in [-0.39, 0.29) is 0 Å². The number of pyridine rings is 1. The van der Waals surface area contributed by atoms with E-state index in [0.717, 1.165) is 38.0 Å². The van der Waals surface area contributed by atoms with Gasteiger partial charge < -0.3 is 4.90 Å². The van der Waals surface area contributed by atoms with Gasteiger partial charge in [-0.05, 0) is 65.8 Å². The lowest BCUT2D eigenvalue weighted by atomic mass is 9.81. The number of fused-ring (bicyclic) bond motifs is 1. The van der Waals surface area contributed by atoms with E-state index in [1.807, 2.05) is 11.1 Å². The van der Waals surface area contributed by atoms with Crippen LogP contribution in [0.4, 0.5) is 0 Å². The Morgan fingerprint density at radius 2 is 1.74 bits per heavy atom. The molecule has 1 unspecified atom stereocenters. The van der Waals surface area contributed by atoms with Crippen molar-refractivity contribution in [3.63, 3.8) is 0 Å². The first kappa shape index (κ1) is 17.7. The average molecular weight is 358 g/mol. The van der Waals surface area contributed by atoms with Gasteiger partial charge in [0.05, 0.1) is 0 Å². The summed E-state index contributed by atoms with van der Waals surface area (Å²) in [7, 11) is 0. The van der Waals surface area contributed by atoms with E-state index in [4.69, 9.17) is 0 Å². The number of aromatic nitrogens is 1. The molecule has 27 heavy (non-hydrogen) atoms. The van der Waals surface area contributed by atoms with Gasteiger partial charge >= 0.3 is 0 Å². The average Bonchev–Trinajstić information content (AvgIpc) is 2.73. The van der Waals surface area contributed by atoms with Gasteiger partial charge in [0.25, 0.3) is 0 Å². The van der Waals surface area contributed by atoms with Crippen LogP contribution >= 0.6 is 0 Å². The summed E-state index contributed by atoms with van der Waals surface area (Å²) >= 11 is 0. The van der Waals surface area contributed by atoms with Crippen molar-refractivity contribution < 1.29 is 4.79 Å². The standard InChI is InChI=1S/C24H26N2O/c1-17(20-10-13-26(16-27)14-11-20)19-3-5-21(6-4-19)22-7-8-24-18(2)25-12-9-23(24)15-22/h3-9,12,15-17,20H,10-11,13-14H2,1-2H3. The predicted octanol–water partition coefficient (Wildman–Crippen LogP) is 5.18. The van der Waals surface area contributed by atoms with E-state index < -0.39 is 0 Å². The molecule has 0 aliphatic carbocycles. The highest BCUT2D eigenvalue weighted by Gasteiger charge is 2.24. The molecule has 1 fully saturated rings. The van der Waals surface area contributed by atoms with Crippen molar-refractivity contribution in [3.05, 3.63) is 66.0 Å². The molecule has 1 aliphatic rings. The fourth-order valence-corrected chi connectivity index (χ4v) is 4.28. The Balaban J connectivity index is 1.53. The lowest BCUT2D eigenvalue weighted by Crippen LogP contribution is -2.34. The Bertz CT molecular complexity index is 940. The fourth-order valence-electron chi connectivity index (χ4n) is 4.28. The fraction of sp³-hybridized carbons (Fsp3) is 0.333. The zero-order valence-corrected chi connectivity index (χ0v) is 16.1. The van der Waals surface area contributed by atoms with Crippen molar-refractivity contribution in [2.75, 3.05) is 13.1 Å². The third kappa shape index (κ3) is 3.59. The van der Waals surface area contributed by atoms with Crippen LogP contribution in [0.5, 0.6) is 0 Å². The molecule has 0 spiro atoms. The number of aryl methyl sites for hydroxylation is 1. The van der Waals surface area contributed by atoms with Crippen LogP contribution in [-0.2, 0) is 4.79 Å². The molecule has 0 N–H and O–H groups in total. The van der Waals surface area contributed by atoms with Crippen molar-refractivity contribution in [1.29, 1.82) is 0 Å². The topological polar surface area (TPSA) is 33.2 Å². The van der Waals surface area contributed by atoms with Gasteiger partial charge in [0.1, 0.15) is 0 Å². The predicted molar refractivity (Wildman–Crippen MR) is 111 cm³/mol. The minimum absolute atomic E-state index is 0.526. The van der Waals surface area contributed by atoms with Gasteiger partial charge in [0, 0.05) is 30.4 Å². The lowest BCUT2D eigenvalue weighted by Gasteiger charge is -2.33. The van der Waals surface area contributed by atoms with Crippen LogP contribution in [0.2, 0.25) is 0 Å². The Hall–Kier alpha value is -2.68. The van der Waals surface area contributed by atoms with Gasteiger partial charge in [-0.15, -0.1) is 0 Å². The summed E-state index contributed by atoms with van der Waals surface area (Å²) in [6.07, 6.45) is 5.05. The maximum atomic E-state index is 10.9. The van der Waals surface area contributed by atoms with Crippen LogP contribution in [0, 0.1) is 12.8 Å². The Labute approximate surface area is 161 Å². The number of benzene rings is 2. The molecule has 0 saturated carbocycles. The molecule has 3 heteroatoms. The summed E-state index contributed by atoms with van der Waals surface area (Å²) in [5.74, 6) is 1.18. The first-order valence-corrected chi connectivity index (χ1v) is 9.81. The number of nitrogens with zero attached hydrogens (tertiary/aromatic N) is 2. The summed E-state index contributed by atoms with van der Waals surface area (Å²) in [6, 6.07) is 17.7. The highest BCUT2D eigenvalue weighted by Crippen LogP contribution is 2.33. The van der Waals surface area contributed by atoms with Gasteiger partial charge in [-0.1, -0.05) is 43.3 Å². The first-order chi connectivity index (χ1) is 13.2. The molecule has 1 saturated heterocycles. The molecule has 3 nitrogen and oxygen atoms in total. The minimum Gasteiger partial charge on any atom is -0.345 e. The number of piperidine rings is 1. The SMILES string of the molecule is Cc1nccc2cc(-c3ccc(C(C)C4CCN(C=O)CC4)cc3)ccc12. The molecule has 0 bridgehead atoms. The molecule has 1 amide bonds. The quantitative estimate of drug-likeness (QED) is 0.602. The highest BCUT2D eigenvalue weighted by molar-refractivity contribution is 5.88. The first-order valence-electron chi connectivity index (χ1n) is 9.81. The van der Waals surface area contributed by atoms with E-state index in [1.165, 1.54) is 27.5 Å². The van der Waals surface area contributed by atoms with Gasteiger partial charge in [0.2, 0.25) is 6.41 Å². The van der Waals surface area contributed by atoms with Crippen LogP contribution < -0.4 is 0 Å². The number of hydrogen-bond acceptors (Lipinski definition) is 2. The monoisotopic (exact) mass is 358 g/mol. The van der Waals surface area contributed by atoms with Crippen molar-refractivity contribution in [2.45, 2.75) is 32.6 Å². The molecular formula is C24H26N2O. The van der Waals surface area contributed by atoms with Crippen LogP contribution in [0.15, 0.2) is 54.7 Å². The second-order valence-electron chi connectivity index (χ2n) is 7.72. The Morgan fingerprint density at radius 1 is 1.04 bits per heavy atom. The largest absolute Gasteiger partial charge is 0.345 e. The summed E-state index contributed by atoms with van der Waals surface area (Å²) in [5.41, 5.74) is 4.96. The van der Waals surface area contributed by atoms with Crippen LogP contribution in [0.3, 0.4) is 0 Å². The van der Waals surface area contributed by atoms with Crippen molar-refractivity contribution >= 4 is 17.2 Å². The third-order valence-electron chi connectivity index (χ3n) is 6.16. The molecule has 3 aromatic rings. The number of carbonyl (C=O) groups excluding carboxylic acids is 1. The summed E-state index contributed by atoms with van der Waals surface area (Å²) < 4.78 is 0. The maximum Gasteiger partial charge on any atom is 0.209 e. The molecule has 1 atom stereocenters. The maximum absolute atomic E-state index is 10.9. The number of hydrogen-bond donors (Lipinski definition) is 0. The zero-order valence-electron chi connectivity index (χ0n) is 16.1. The highest BCUT2D eigenvalue weighted by atomic mass is 16.1. The molecular weight excluding hydrogens is 332 g/mol. The smallest absolute Gasteiger partial charge is 0.209 e. The van der Waals surface area contributed by atoms with E-state index in [2.05, 4.69) is 67.4 Å².